The predicted octanol–water partition coefficient (Wildman–Crippen LogP) is 3.32. The maximum absolute atomic E-state index is 12.0. The molecule has 0 fully saturated rings. The molecular formula is C16H15BrN2O3. The van der Waals surface area contributed by atoms with Gasteiger partial charge in [-0.15, -0.1) is 0 Å². The Morgan fingerprint density at radius 2 is 2.00 bits per heavy atom. The normalized spacial score (nSPS) is 11.1. The van der Waals surface area contributed by atoms with E-state index >= 15 is 0 Å². The molecule has 2 rings (SSSR count). The molecule has 2 aromatic rings. The summed E-state index contributed by atoms with van der Waals surface area (Å²) in [6, 6.07) is 11.9. The van der Waals surface area contributed by atoms with Gasteiger partial charge in [-0.1, -0.05) is 22.0 Å². The SMILES string of the molecule is COc1cc(/C(C)=N/NC(=O)c2cccc(Br)c2)ccc1O. The number of amides is 1. The third-order valence-electron chi connectivity index (χ3n) is 3.01. The van der Waals surface area contributed by atoms with Crippen LogP contribution >= 0.6 is 15.9 Å². The molecule has 0 heterocycles. The molecule has 1 amide bonds. The highest BCUT2D eigenvalue weighted by Crippen LogP contribution is 2.26. The summed E-state index contributed by atoms with van der Waals surface area (Å²) in [5, 5.41) is 13.6. The maximum Gasteiger partial charge on any atom is 0.271 e. The van der Waals surface area contributed by atoms with Gasteiger partial charge in [-0.05, 0) is 43.3 Å². The van der Waals surface area contributed by atoms with Gasteiger partial charge in [0.1, 0.15) is 0 Å². The van der Waals surface area contributed by atoms with Gasteiger partial charge < -0.3 is 9.84 Å². The van der Waals surface area contributed by atoms with Crippen LogP contribution in [0.2, 0.25) is 0 Å². The third-order valence-corrected chi connectivity index (χ3v) is 3.50. The number of rotatable bonds is 4. The number of benzene rings is 2. The van der Waals surface area contributed by atoms with Crippen LogP contribution < -0.4 is 10.2 Å². The van der Waals surface area contributed by atoms with Gasteiger partial charge in [0, 0.05) is 15.6 Å². The molecule has 22 heavy (non-hydrogen) atoms. The number of nitrogens with one attached hydrogen (secondary N) is 1. The van der Waals surface area contributed by atoms with Crippen molar-refractivity contribution in [1.29, 1.82) is 0 Å². The van der Waals surface area contributed by atoms with E-state index in [1.165, 1.54) is 13.2 Å². The summed E-state index contributed by atoms with van der Waals surface area (Å²) in [5.41, 5.74) is 4.35. The van der Waals surface area contributed by atoms with Crippen LogP contribution in [0.1, 0.15) is 22.8 Å². The summed E-state index contributed by atoms with van der Waals surface area (Å²) in [6.07, 6.45) is 0. The highest BCUT2D eigenvalue weighted by Gasteiger charge is 2.07. The molecule has 0 radical (unpaired) electrons. The van der Waals surface area contributed by atoms with E-state index in [0.29, 0.717) is 17.0 Å². The molecule has 0 saturated heterocycles. The highest BCUT2D eigenvalue weighted by molar-refractivity contribution is 9.10. The molecule has 0 saturated carbocycles. The number of hydrazone groups is 1. The summed E-state index contributed by atoms with van der Waals surface area (Å²) in [7, 11) is 1.47. The summed E-state index contributed by atoms with van der Waals surface area (Å²) in [4.78, 5) is 12.0. The number of nitrogens with zero attached hydrogens (tertiary/aromatic N) is 1. The van der Waals surface area contributed by atoms with Gasteiger partial charge in [0.05, 0.1) is 12.8 Å². The molecule has 0 spiro atoms. The maximum atomic E-state index is 12.0. The molecule has 2 aromatic carbocycles. The zero-order chi connectivity index (χ0) is 16.1. The topological polar surface area (TPSA) is 70.9 Å². The number of aromatic hydroxyl groups is 1. The Hall–Kier alpha value is -2.34. The van der Waals surface area contributed by atoms with E-state index in [1.54, 1.807) is 37.3 Å². The molecule has 0 aromatic heterocycles. The van der Waals surface area contributed by atoms with Crippen molar-refractivity contribution in [2.45, 2.75) is 6.92 Å². The summed E-state index contributed by atoms with van der Waals surface area (Å²) in [6.45, 7) is 1.76. The number of ether oxygens (including phenoxy) is 1. The van der Waals surface area contributed by atoms with Crippen LogP contribution in [0.5, 0.6) is 11.5 Å². The minimum absolute atomic E-state index is 0.0530. The smallest absolute Gasteiger partial charge is 0.271 e. The fourth-order valence-corrected chi connectivity index (χ4v) is 2.20. The number of carbonyl (C=O) groups excluding carboxylic acids is 1. The minimum Gasteiger partial charge on any atom is -0.504 e. The van der Waals surface area contributed by atoms with Crippen molar-refractivity contribution in [1.82, 2.24) is 5.43 Å². The number of halogens is 1. The standard InChI is InChI=1S/C16H15BrN2O3/c1-10(11-6-7-14(20)15(9-11)22-2)18-19-16(21)12-4-3-5-13(17)8-12/h3-9,20H,1-2H3,(H,19,21)/b18-10+. The van der Waals surface area contributed by atoms with Gasteiger partial charge in [0.2, 0.25) is 0 Å². The van der Waals surface area contributed by atoms with E-state index in [0.717, 1.165) is 10.0 Å². The monoisotopic (exact) mass is 362 g/mol. The minimum atomic E-state index is -0.300. The lowest BCUT2D eigenvalue weighted by Crippen LogP contribution is -2.19. The van der Waals surface area contributed by atoms with Crippen LogP contribution in [0, 0.1) is 0 Å². The lowest BCUT2D eigenvalue weighted by Gasteiger charge is -2.07. The first-order chi connectivity index (χ1) is 10.5. The Labute approximate surface area is 136 Å². The van der Waals surface area contributed by atoms with Gasteiger partial charge >= 0.3 is 0 Å². The zero-order valence-corrected chi connectivity index (χ0v) is 13.7. The van der Waals surface area contributed by atoms with E-state index in [-0.39, 0.29) is 11.7 Å². The second-order valence-corrected chi connectivity index (χ2v) is 5.45. The first-order valence-electron chi connectivity index (χ1n) is 6.49. The molecular weight excluding hydrogens is 348 g/mol. The Bertz CT molecular complexity index is 729. The Balaban J connectivity index is 2.14. The lowest BCUT2D eigenvalue weighted by molar-refractivity contribution is 0.0955. The van der Waals surface area contributed by atoms with Crippen molar-refractivity contribution < 1.29 is 14.6 Å². The average molecular weight is 363 g/mol. The highest BCUT2D eigenvalue weighted by atomic mass is 79.9. The first-order valence-corrected chi connectivity index (χ1v) is 7.28. The average Bonchev–Trinajstić information content (AvgIpc) is 2.52. The molecule has 0 aliphatic rings. The van der Waals surface area contributed by atoms with Gasteiger partial charge in [-0.3, -0.25) is 4.79 Å². The van der Waals surface area contributed by atoms with E-state index < -0.39 is 0 Å². The van der Waals surface area contributed by atoms with E-state index in [1.807, 2.05) is 6.07 Å². The molecule has 0 bridgehead atoms. The number of carbonyl (C=O) groups is 1. The van der Waals surface area contributed by atoms with Crippen LogP contribution in [0.25, 0.3) is 0 Å². The predicted molar refractivity (Wildman–Crippen MR) is 88.5 cm³/mol. The van der Waals surface area contributed by atoms with Crippen molar-refractivity contribution in [2.24, 2.45) is 5.10 Å². The number of methoxy groups -OCH3 is 1. The molecule has 6 heteroatoms. The van der Waals surface area contributed by atoms with Crippen molar-refractivity contribution in [3.8, 4) is 11.5 Å². The van der Waals surface area contributed by atoms with Gasteiger partial charge in [0.25, 0.3) is 5.91 Å². The van der Waals surface area contributed by atoms with Gasteiger partial charge in [-0.2, -0.15) is 5.10 Å². The quantitative estimate of drug-likeness (QED) is 0.647. The molecule has 0 aliphatic heterocycles. The van der Waals surface area contributed by atoms with Crippen molar-refractivity contribution in [3.63, 3.8) is 0 Å². The number of phenolic OH excluding ortho intramolecular Hbond substituents is 1. The van der Waals surface area contributed by atoms with Crippen LogP contribution in [-0.2, 0) is 0 Å². The molecule has 114 valence electrons. The summed E-state index contributed by atoms with van der Waals surface area (Å²) < 4.78 is 5.87. The van der Waals surface area contributed by atoms with Crippen LogP contribution in [-0.4, -0.2) is 23.8 Å². The summed E-state index contributed by atoms with van der Waals surface area (Å²) >= 11 is 3.32. The van der Waals surface area contributed by atoms with Crippen molar-refractivity contribution in [2.75, 3.05) is 7.11 Å². The zero-order valence-electron chi connectivity index (χ0n) is 12.1. The molecule has 0 atom stereocenters. The Morgan fingerprint density at radius 1 is 1.23 bits per heavy atom. The number of hydrogen-bond acceptors (Lipinski definition) is 4. The Morgan fingerprint density at radius 3 is 2.68 bits per heavy atom. The summed E-state index contributed by atoms with van der Waals surface area (Å²) in [5.74, 6) is 0.106. The fraction of sp³-hybridized carbons (Fsp3) is 0.125. The number of phenols is 1. The molecule has 0 unspecified atom stereocenters. The Kier molecular flexibility index (Phi) is 5.16. The first kappa shape index (κ1) is 16.0. The van der Waals surface area contributed by atoms with E-state index in [4.69, 9.17) is 4.74 Å². The van der Waals surface area contributed by atoms with Crippen LogP contribution in [0.4, 0.5) is 0 Å². The van der Waals surface area contributed by atoms with Gasteiger partial charge in [0.15, 0.2) is 11.5 Å². The lowest BCUT2D eigenvalue weighted by atomic mass is 10.1. The largest absolute Gasteiger partial charge is 0.504 e. The van der Waals surface area contributed by atoms with Gasteiger partial charge in [-0.25, -0.2) is 5.43 Å². The van der Waals surface area contributed by atoms with Crippen molar-refractivity contribution in [3.05, 3.63) is 58.1 Å². The van der Waals surface area contributed by atoms with Crippen LogP contribution in [0.15, 0.2) is 52.0 Å². The van der Waals surface area contributed by atoms with Crippen LogP contribution in [0.3, 0.4) is 0 Å². The van der Waals surface area contributed by atoms with Crippen molar-refractivity contribution >= 4 is 27.5 Å². The second kappa shape index (κ2) is 7.09. The molecule has 2 N–H and O–H groups in total. The van der Waals surface area contributed by atoms with E-state index in [9.17, 15) is 9.90 Å². The second-order valence-electron chi connectivity index (χ2n) is 4.54. The third kappa shape index (κ3) is 3.85. The number of hydrogen-bond donors (Lipinski definition) is 2. The fourth-order valence-electron chi connectivity index (χ4n) is 1.80. The molecule has 5 nitrogen and oxygen atoms in total. The molecule has 0 aliphatic carbocycles. The van der Waals surface area contributed by atoms with E-state index in [2.05, 4.69) is 26.5 Å².